The van der Waals surface area contributed by atoms with Crippen molar-refractivity contribution in [1.29, 1.82) is 0 Å². The van der Waals surface area contributed by atoms with Crippen LogP contribution in [0.3, 0.4) is 0 Å². The van der Waals surface area contributed by atoms with Crippen molar-refractivity contribution < 1.29 is 13.9 Å². The molecule has 1 amide bonds. The Morgan fingerprint density at radius 2 is 2.21 bits per heavy atom. The highest BCUT2D eigenvalue weighted by atomic mass is 35.5. The molecule has 0 aliphatic heterocycles. The summed E-state index contributed by atoms with van der Waals surface area (Å²) in [5, 5.41) is 16.3. The summed E-state index contributed by atoms with van der Waals surface area (Å²) in [4.78, 5) is 16.3. The molecule has 122 valence electrons. The lowest BCUT2D eigenvalue weighted by atomic mass is 10.2. The van der Waals surface area contributed by atoms with Gasteiger partial charge in [0.05, 0.1) is 0 Å². The molecule has 0 aliphatic rings. The minimum absolute atomic E-state index is 0.0747. The van der Waals surface area contributed by atoms with E-state index < -0.39 is 11.7 Å². The molecule has 3 rings (SSSR count). The Labute approximate surface area is 145 Å². The van der Waals surface area contributed by atoms with Gasteiger partial charge in [-0.2, -0.15) is 4.73 Å². The average Bonchev–Trinajstić information content (AvgIpc) is 3.03. The first kappa shape index (κ1) is 16.4. The highest BCUT2D eigenvalue weighted by Crippen LogP contribution is 2.28. The quantitative estimate of drug-likeness (QED) is 0.572. The van der Waals surface area contributed by atoms with Gasteiger partial charge in [-0.3, -0.25) is 4.79 Å². The molecular formula is C16H11ClFN3O2S. The fourth-order valence-corrected chi connectivity index (χ4v) is 3.01. The Balaban J connectivity index is 1.73. The molecular weight excluding hydrogens is 353 g/mol. The van der Waals surface area contributed by atoms with Gasteiger partial charge in [-0.15, -0.1) is 11.3 Å². The number of carbonyl (C=O) groups is 1. The first-order valence-electron chi connectivity index (χ1n) is 6.91. The first-order chi connectivity index (χ1) is 11.5. The molecule has 0 atom stereocenters. The molecule has 2 aromatic heterocycles. The third-order valence-electron chi connectivity index (χ3n) is 3.23. The summed E-state index contributed by atoms with van der Waals surface area (Å²) in [6.45, 7) is 0.0747. The second-order valence-corrected chi connectivity index (χ2v) is 6.16. The van der Waals surface area contributed by atoms with E-state index >= 15 is 0 Å². The van der Waals surface area contributed by atoms with Gasteiger partial charge in [0, 0.05) is 28.1 Å². The summed E-state index contributed by atoms with van der Waals surface area (Å²) in [6, 6.07) is 9.20. The highest BCUT2D eigenvalue weighted by molar-refractivity contribution is 7.13. The Morgan fingerprint density at radius 1 is 1.38 bits per heavy atom. The zero-order valence-electron chi connectivity index (χ0n) is 12.2. The predicted molar refractivity (Wildman–Crippen MR) is 89.1 cm³/mol. The van der Waals surface area contributed by atoms with E-state index in [4.69, 9.17) is 11.6 Å². The van der Waals surface area contributed by atoms with Crippen LogP contribution in [-0.4, -0.2) is 10.9 Å². The second kappa shape index (κ2) is 6.94. The van der Waals surface area contributed by atoms with Gasteiger partial charge >= 0.3 is 0 Å². The van der Waals surface area contributed by atoms with Gasteiger partial charge in [-0.05, 0) is 24.3 Å². The van der Waals surface area contributed by atoms with Crippen LogP contribution in [0.2, 0.25) is 5.02 Å². The van der Waals surface area contributed by atoms with E-state index in [1.54, 1.807) is 24.3 Å². The Morgan fingerprint density at radius 3 is 2.96 bits per heavy atom. The van der Waals surface area contributed by atoms with Crippen molar-refractivity contribution in [3.63, 3.8) is 0 Å². The van der Waals surface area contributed by atoms with Crippen LogP contribution in [0.5, 0.6) is 0 Å². The van der Waals surface area contributed by atoms with E-state index in [1.807, 2.05) is 0 Å². The van der Waals surface area contributed by atoms with Gasteiger partial charge in [0.15, 0.2) is 6.20 Å². The normalized spacial score (nSPS) is 10.6. The summed E-state index contributed by atoms with van der Waals surface area (Å²) in [6.07, 6.45) is 1.35. The SMILES string of the molecule is O=C(NCc1cccc[n+]1[O-])c1csc(-c2ccc(Cl)cc2F)n1. The van der Waals surface area contributed by atoms with Crippen molar-refractivity contribution in [1.82, 2.24) is 10.3 Å². The van der Waals surface area contributed by atoms with Crippen LogP contribution in [0.4, 0.5) is 4.39 Å². The molecule has 1 N–H and O–H groups in total. The van der Waals surface area contributed by atoms with E-state index in [0.29, 0.717) is 20.5 Å². The Bertz CT molecular complexity index is 901. The van der Waals surface area contributed by atoms with Gasteiger partial charge in [-0.1, -0.05) is 11.6 Å². The van der Waals surface area contributed by atoms with Crippen molar-refractivity contribution >= 4 is 28.8 Å². The van der Waals surface area contributed by atoms with Crippen LogP contribution in [0.25, 0.3) is 10.6 Å². The van der Waals surface area contributed by atoms with Crippen LogP contribution in [0.15, 0.2) is 48.0 Å². The second-order valence-electron chi connectivity index (χ2n) is 4.86. The standard InChI is InChI=1S/C16H11ClFN3O2S/c17-10-4-5-12(13(18)7-10)16-20-14(9-24-16)15(22)19-8-11-3-1-2-6-21(11)23/h1-7,9H,8H2,(H,19,22). The van der Waals surface area contributed by atoms with Crippen LogP contribution in [-0.2, 0) is 6.54 Å². The van der Waals surface area contributed by atoms with Crippen molar-refractivity contribution in [2.75, 3.05) is 0 Å². The molecule has 0 spiro atoms. The van der Waals surface area contributed by atoms with Crippen LogP contribution in [0, 0.1) is 11.0 Å². The van der Waals surface area contributed by atoms with E-state index in [2.05, 4.69) is 10.3 Å². The van der Waals surface area contributed by atoms with Gasteiger partial charge in [0.25, 0.3) is 5.91 Å². The number of hydrogen-bond acceptors (Lipinski definition) is 4. The minimum Gasteiger partial charge on any atom is -0.618 e. The molecule has 0 radical (unpaired) electrons. The molecule has 2 heterocycles. The number of thiazole rings is 1. The lowest BCUT2D eigenvalue weighted by molar-refractivity contribution is -0.614. The van der Waals surface area contributed by atoms with Crippen LogP contribution < -0.4 is 10.0 Å². The van der Waals surface area contributed by atoms with E-state index in [-0.39, 0.29) is 17.8 Å². The predicted octanol–water partition coefficient (Wildman–Crippen LogP) is 3.17. The number of rotatable bonds is 4. The summed E-state index contributed by atoms with van der Waals surface area (Å²) >= 11 is 6.88. The number of amides is 1. The first-order valence-corrected chi connectivity index (χ1v) is 8.16. The van der Waals surface area contributed by atoms with E-state index in [9.17, 15) is 14.4 Å². The number of carbonyl (C=O) groups excluding carboxylic acids is 1. The van der Waals surface area contributed by atoms with Gasteiger partial charge < -0.3 is 10.5 Å². The maximum atomic E-state index is 13.9. The summed E-state index contributed by atoms with van der Waals surface area (Å²) in [5.74, 6) is -0.934. The van der Waals surface area contributed by atoms with E-state index in [0.717, 1.165) is 11.3 Å². The van der Waals surface area contributed by atoms with Crippen molar-refractivity contribution in [3.05, 3.63) is 75.4 Å². The molecule has 0 fully saturated rings. The lowest BCUT2D eigenvalue weighted by Gasteiger charge is -2.04. The third kappa shape index (κ3) is 3.52. The van der Waals surface area contributed by atoms with Gasteiger partial charge in [0.1, 0.15) is 23.1 Å². The van der Waals surface area contributed by atoms with Crippen molar-refractivity contribution in [2.45, 2.75) is 6.54 Å². The van der Waals surface area contributed by atoms with Gasteiger partial charge in [0.2, 0.25) is 5.69 Å². The number of pyridine rings is 1. The molecule has 0 saturated heterocycles. The monoisotopic (exact) mass is 363 g/mol. The number of hydrogen-bond donors (Lipinski definition) is 1. The molecule has 0 saturated carbocycles. The fraction of sp³-hybridized carbons (Fsp3) is 0.0625. The molecule has 1 aromatic carbocycles. The topological polar surface area (TPSA) is 68.9 Å². The largest absolute Gasteiger partial charge is 0.618 e. The zero-order valence-corrected chi connectivity index (χ0v) is 13.8. The van der Waals surface area contributed by atoms with Crippen molar-refractivity contribution in [2.24, 2.45) is 0 Å². The molecule has 0 unspecified atom stereocenters. The number of nitrogens with one attached hydrogen (secondary N) is 1. The minimum atomic E-state index is -0.500. The Hall–Kier alpha value is -2.51. The number of aromatic nitrogens is 2. The average molecular weight is 364 g/mol. The molecule has 5 nitrogen and oxygen atoms in total. The highest BCUT2D eigenvalue weighted by Gasteiger charge is 2.15. The fourth-order valence-electron chi connectivity index (χ4n) is 2.03. The summed E-state index contributed by atoms with van der Waals surface area (Å²) < 4.78 is 14.6. The number of halogens is 2. The molecule has 3 aromatic rings. The van der Waals surface area contributed by atoms with Crippen LogP contribution in [0.1, 0.15) is 16.2 Å². The van der Waals surface area contributed by atoms with E-state index in [1.165, 1.54) is 23.7 Å². The molecule has 0 bridgehead atoms. The maximum Gasteiger partial charge on any atom is 0.271 e. The van der Waals surface area contributed by atoms with Crippen molar-refractivity contribution in [3.8, 4) is 10.6 Å². The zero-order chi connectivity index (χ0) is 17.1. The lowest BCUT2D eigenvalue weighted by Crippen LogP contribution is -2.35. The number of benzene rings is 1. The molecule has 0 aliphatic carbocycles. The van der Waals surface area contributed by atoms with Crippen LogP contribution >= 0.6 is 22.9 Å². The smallest absolute Gasteiger partial charge is 0.271 e. The number of nitrogens with zero attached hydrogens (tertiary/aromatic N) is 2. The third-order valence-corrected chi connectivity index (χ3v) is 4.34. The molecule has 24 heavy (non-hydrogen) atoms. The maximum absolute atomic E-state index is 13.9. The summed E-state index contributed by atoms with van der Waals surface area (Å²) in [7, 11) is 0. The Kier molecular flexibility index (Phi) is 4.73. The molecule has 8 heteroatoms. The summed E-state index contributed by atoms with van der Waals surface area (Å²) in [5.41, 5.74) is 0.853. The van der Waals surface area contributed by atoms with Gasteiger partial charge in [-0.25, -0.2) is 9.37 Å².